The number of aromatic nitrogens is 2. The second-order valence-electron chi connectivity index (χ2n) is 4.56. The van der Waals surface area contributed by atoms with Crippen molar-refractivity contribution < 1.29 is 9.66 Å². The van der Waals surface area contributed by atoms with E-state index in [1.54, 1.807) is 11.5 Å². The molecule has 0 saturated carbocycles. The lowest BCUT2D eigenvalue weighted by Crippen LogP contribution is -2.13. The lowest BCUT2D eigenvalue weighted by molar-refractivity contribution is -0.392. The largest absolute Gasteiger partial charge is 0.489 e. The molecule has 0 saturated heterocycles. The van der Waals surface area contributed by atoms with Crippen molar-refractivity contribution in [3.63, 3.8) is 0 Å². The van der Waals surface area contributed by atoms with Gasteiger partial charge in [-0.05, 0) is 18.0 Å². The fraction of sp³-hybridized carbons (Fsp3) is 0.357. The lowest BCUT2D eigenvalue weighted by atomic mass is 10.2. The van der Waals surface area contributed by atoms with Gasteiger partial charge in [0.15, 0.2) is 5.82 Å². The van der Waals surface area contributed by atoms with Gasteiger partial charge in [-0.15, -0.1) is 0 Å². The fourth-order valence-electron chi connectivity index (χ4n) is 2.11. The molecular formula is C14H18N4O3. The molecule has 21 heavy (non-hydrogen) atoms. The molecule has 1 heterocycles. The summed E-state index contributed by atoms with van der Waals surface area (Å²) in [6.07, 6.45) is 1.27. The molecule has 0 unspecified atom stereocenters. The molecule has 7 heteroatoms. The summed E-state index contributed by atoms with van der Waals surface area (Å²) in [5.41, 5.74) is 1.05. The summed E-state index contributed by atoms with van der Waals surface area (Å²) in [4.78, 5) is 14.4. The minimum absolute atomic E-state index is 0.0142. The van der Waals surface area contributed by atoms with Crippen LogP contribution in [-0.2, 0) is 13.1 Å². The Morgan fingerprint density at radius 1 is 1.43 bits per heavy atom. The molecule has 0 aliphatic rings. The molecule has 0 fully saturated rings. The minimum Gasteiger partial charge on any atom is -0.489 e. The van der Waals surface area contributed by atoms with Crippen LogP contribution in [0, 0.1) is 17.0 Å². The number of nitrogens with zero attached hydrogens (tertiary/aromatic N) is 3. The third-order valence-corrected chi connectivity index (χ3v) is 3.13. The van der Waals surface area contributed by atoms with E-state index in [0.29, 0.717) is 25.5 Å². The highest BCUT2D eigenvalue weighted by molar-refractivity contribution is 5.33. The van der Waals surface area contributed by atoms with Gasteiger partial charge in [-0.25, -0.2) is 9.55 Å². The van der Waals surface area contributed by atoms with Crippen LogP contribution in [0.3, 0.4) is 0 Å². The number of ether oxygens (including phenoxy) is 1. The molecule has 0 radical (unpaired) electrons. The quantitative estimate of drug-likeness (QED) is 0.622. The smallest absolute Gasteiger partial charge is 0.342 e. The van der Waals surface area contributed by atoms with Gasteiger partial charge in [0.05, 0.1) is 0 Å². The molecular weight excluding hydrogens is 272 g/mol. The topological polar surface area (TPSA) is 82.2 Å². The highest BCUT2D eigenvalue weighted by atomic mass is 16.6. The summed E-state index contributed by atoms with van der Waals surface area (Å²) in [5.74, 6) is 1.38. The average molecular weight is 290 g/mol. The maximum absolute atomic E-state index is 10.9. The van der Waals surface area contributed by atoms with Crippen molar-refractivity contribution >= 4 is 5.82 Å². The highest BCUT2D eigenvalue weighted by Crippen LogP contribution is 2.18. The minimum atomic E-state index is -0.436. The van der Waals surface area contributed by atoms with E-state index < -0.39 is 4.92 Å². The zero-order valence-electron chi connectivity index (χ0n) is 12.1. The molecule has 1 N–H and O–H groups in total. The first-order valence-electron chi connectivity index (χ1n) is 6.65. The second kappa shape index (κ2) is 6.85. The zero-order chi connectivity index (χ0) is 15.2. The standard InChI is InChI=1S/C14H18N4O3/c1-11-16-10-14(18(19)20)17(11)7-8-21-13-6-4-3-5-12(13)9-15-2/h3-6,10,15H,7-9H2,1-2H3. The van der Waals surface area contributed by atoms with E-state index in [4.69, 9.17) is 4.74 Å². The van der Waals surface area contributed by atoms with E-state index in [9.17, 15) is 10.1 Å². The Hall–Kier alpha value is -2.41. The number of nitro groups is 1. The summed E-state index contributed by atoms with van der Waals surface area (Å²) >= 11 is 0. The van der Waals surface area contributed by atoms with Gasteiger partial charge in [0.25, 0.3) is 0 Å². The predicted molar refractivity (Wildman–Crippen MR) is 78.3 cm³/mol. The molecule has 1 aromatic carbocycles. The van der Waals surface area contributed by atoms with Gasteiger partial charge in [0.2, 0.25) is 0 Å². The molecule has 0 spiro atoms. The molecule has 2 aromatic rings. The Morgan fingerprint density at radius 2 is 2.19 bits per heavy atom. The number of nitrogens with one attached hydrogen (secondary N) is 1. The normalized spacial score (nSPS) is 10.6. The average Bonchev–Trinajstić information content (AvgIpc) is 2.83. The van der Waals surface area contributed by atoms with E-state index in [2.05, 4.69) is 10.3 Å². The van der Waals surface area contributed by atoms with Gasteiger partial charge in [-0.3, -0.25) is 0 Å². The number of hydrogen-bond acceptors (Lipinski definition) is 5. The van der Waals surface area contributed by atoms with Crippen molar-refractivity contribution in [1.82, 2.24) is 14.9 Å². The Morgan fingerprint density at radius 3 is 2.90 bits per heavy atom. The van der Waals surface area contributed by atoms with Crippen LogP contribution in [-0.4, -0.2) is 28.1 Å². The van der Waals surface area contributed by atoms with Crippen LogP contribution in [0.2, 0.25) is 0 Å². The Labute approximate surface area is 122 Å². The molecule has 1 aromatic heterocycles. The van der Waals surface area contributed by atoms with Crippen molar-refractivity contribution in [2.45, 2.75) is 20.0 Å². The van der Waals surface area contributed by atoms with Crippen molar-refractivity contribution in [2.75, 3.05) is 13.7 Å². The first-order chi connectivity index (χ1) is 10.1. The molecule has 2 rings (SSSR count). The zero-order valence-corrected chi connectivity index (χ0v) is 12.1. The fourth-order valence-corrected chi connectivity index (χ4v) is 2.11. The highest BCUT2D eigenvalue weighted by Gasteiger charge is 2.17. The maximum atomic E-state index is 10.9. The first-order valence-corrected chi connectivity index (χ1v) is 6.65. The van der Waals surface area contributed by atoms with Crippen molar-refractivity contribution in [3.05, 3.63) is 52.0 Å². The third kappa shape index (κ3) is 3.57. The summed E-state index contributed by atoms with van der Waals surface area (Å²) in [7, 11) is 1.87. The van der Waals surface area contributed by atoms with Crippen LogP contribution in [0.4, 0.5) is 5.82 Å². The number of benzene rings is 1. The third-order valence-electron chi connectivity index (χ3n) is 3.13. The van der Waals surface area contributed by atoms with E-state index in [1.807, 2.05) is 31.3 Å². The van der Waals surface area contributed by atoms with Crippen LogP contribution < -0.4 is 10.1 Å². The van der Waals surface area contributed by atoms with Gasteiger partial charge < -0.3 is 20.2 Å². The van der Waals surface area contributed by atoms with E-state index in [-0.39, 0.29) is 5.82 Å². The van der Waals surface area contributed by atoms with Gasteiger partial charge in [-0.1, -0.05) is 18.2 Å². The molecule has 7 nitrogen and oxygen atoms in total. The Bertz CT molecular complexity index is 624. The van der Waals surface area contributed by atoms with Crippen LogP contribution in [0.5, 0.6) is 5.75 Å². The molecule has 0 bridgehead atoms. The number of hydrogen-bond donors (Lipinski definition) is 1. The van der Waals surface area contributed by atoms with E-state index >= 15 is 0 Å². The first kappa shape index (κ1) is 15.0. The van der Waals surface area contributed by atoms with Crippen LogP contribution >= 0.6 is 0 Å². The van der Waals surface area contributed by atoms with Crippen LogP contribution in [0.15, 0.2) is 30.5 Å². The second-order valence-corrected chi connectivity index (χ2v) is 4.56. The summed E-state index contributed by atoms with van der Waals surface area (Å²) in [6, 6.07) is 7.72. The number of imidazole rings is 1. The monoisotopic (exact) mass is 290 g/mol. The van der Waals surface area contributed by atoms with Crippen molar-refractivity contribution in [3.8, 4) is 5.75 Å². The Kier molecular flexibility index (Phi) is 4.89. The van der Waals surface area contributed by atoms with E-state index in [0.717, 1.165) is 11.3 Å². The van der Waals surface area contributed by atoms with Crippen LogP contribution in [0.1, 0.15) is 11.4 Å². The molecule has 0 aliphatic heterocycles. The van der Waals surface area contributed by atoms with Crippen molar-refractivity contribution in [1.29, 1.82) is 0 Å². The molecule has 0 aliphatic carbocycles. The number of aryl methyl sites for hydroxylation is 1. The lowest BCUT2D eigenvalue weighted by Gasteiger charge is -2.11. The van der Waals surface area contributed by atoms with Crippen molar-refractivity contribution in [2.24, 2.45) is 0 Å². The van der Waals surface area contributed by atoms with Gasteiger partial charge >= 0.3 is 5.82 Å². The number of rotatable bonds is 7. The number of para-hydroxylation sites is 1. The van der Waals surface area contributed by atoms with Crippen LogP contribution in [0.25, 0.3) is 0 Å². The molecule has 112 valence electrons. The van der Waals surface area contributed by atoms with Gasteiger partial charge in [-0.2, -0.15) is 0 Å². The summed E-state index contributed by atoms with van der Waals surface area (Å²) in [5, 5.41) is 14.0. The van der Waals surface area contributed by atoms with Gasteiger partial charge in [0.1, 0.15) is 25.1 Å². The molecule has 0 atom stereocenters. The maximum Gasteiger partial charge on any atom is 0.342 e. The van der Waals surface area contributed by atoms with Gasteiger partial charge in [0, 0.05) is 19.0 Å². The predicted octanol–water partition coefficient (Wildman–Crippen LogP) is 1.90. The van der Waals surface area contributed by atoms with E-state index in [1.165, 1.54) is 6.20 Å². The molecule has 0 amide bonds. The summed E-state index contributed by atoms with van der Waals surface area (Å²) < 4.78 is 7.28. The summed E-state index contributed by atoms with van der Waals surface area (Å²) in [6.45, 7) is 3.18. The SMILES string of the molecule is CNCc1ccccc1OCCn1c([N+](=O)[O-])cnc1C. The Balaban J connectivity index is 2.02.